The molecule has 3 aromatic heterocycles. The highest BCUT2D eigenvalue weighted by molar-refractivity contribution is 7.91. The fraction of sp³-hybridized carbons (Fsp3) is 0.409. The van der Waals surface area contributed by atoms with E-state index in [1.54, 1.807) is 31.8 Å². The average Bonchev–Trinajstić information content (AvgIpc) is 3.94. The van der Waals surface area contributed by atoms with Gasteiger partial charge >= 0.3 is 0 Å². The molecule has 1 N–H and O–H groups in total. The van der Waals surface area contributed by atoms with Crippen molar-refractivity contribution < 1.29 is 27.5 Å². The summed E-state index contributed by atoms with van der Waals surface area (Å²) in [5, 5.41) is 5.42. The SMILES string of the molecule is COc1ccc2c(c1)C=C(c1c(C(=O)N3C[C@@H](C)O[C@@H](C)C3)cnn1-c1ccncc1C)Cn1c-2c(C2CCCCC2)c2ccc(C(=O)NS(=O)(=O)C3CC3)cc21. The zero-order chi connectivity index (χ0) is 39.6. The Kier molecular flexibility index (Phi) is 9.55. The number of carbonyl (C=O) groups is 2. The van der Waals surface area contributed by atoms with E-state index in [1.807, 2.05) is 60.7 Å². The Bertz CT molecular complexity index is 2550. The van der Waals surface area contributed by atoms with E-state index in [0.717, 1.165) is 70.2 Å². The van der Waals surface area contributed by atoms with Crippen LogP contribution in [-0.4, -0.2) is 82.1 Å². The lowest BCUT2D eigenvalue weighted by atomic mass is 9.81. The van der Waals surface area contributed by atoms with E-state index in [1.165, 1.54) is 12.0 Å². The number of fused-ring (bicyclic) bond motifs is 5. The van der Waals surface area contributed by atoms with Crippen molar-refractivity contribution in [3.05, 3.63) is 94.6 Å². The third kappa shape index (κ3) is 6.84. The molecule has 9 rings (SSSR count). The lowest BCUT2D eigenvalue weighted by Gasteiger charge is -2.35. The third-order valence-electron chi connectivity index (χ3n) is 12.0. The molecule has 0 unspecified atom stereocenters. The molecular weight excluding hydrogens is 741 g/mol. The number of morpholine rings is 1. The van der Waals surface area contributed by atoms with Crippen molar-refractivity contribution >= 4 is 44.4 Å². The molecule has 13 heteroatoms. The molecule has 4 aliphatic rings. The summed E-state index contributed by atoms with van der Waals surface area (Å²) >= 11 is 0. The van der Waals surface area contributed by atoms with Crippen LogP contribution in [0, 0.1) is 6.92 Å². The van der Waals surface area contributed by atoms with Crippen LogP contribution < -0.4 is 9.46 Å². The van der Waals surface area contributed by atoms with Crippen LogP contribution in [0.25, 0.3) is 39.5 Å². The van der Waals surface area contributed by atoms with Crippen LogP contribution in [0.2, 0.25) is 0 Å². The molecule has 2 aromatic carbocycles. The van der Waals surface area contributed by atoms with Crippen LogP contribution in [-0.2, 0) is 21.3 Å². The maximum absolute atomic E-state index is 14.7. The molecule has 1 saturated heterocycles. The van der Waals surface area contributed by atoms with Gasteiger partial charge in [0.1, 0.15) is 5.75 Å². The molecule has 3 fully saturated rings. The standard InChI is InChI=1S/C44H48N6O6S/c1-26-21-45-17-16-38(26)50-41(37(22-46-50)44(52)48-23-27(2)56-28(3)24-48)32-18-31-19-33(55-4)11-15-35(31)42-40(29-8-6-5-7-9-29)36-14-10-30(20-39(36)49(42)25-32)43(51)47-57(53,54)34-12-13-34/h10-11,14-22,27-29,34H,5-9,12-13,23-25H2,1-4H3,(H,47,51)/t27-,28+. The van der Waals surface area contributed by atoms with Crippen LogP contribution in [0.15, 0.2) is 61.1 Å². The molecule has 12 nitrogen and oxygen atoms in total. The average molecular weight is 789 g/mol. The van der Waals surface area contributed by atoms with Crippen molar-refractivity contribution in [3.8, 4) is 22.7 Å². The Morgan fingerprint density at radius 2 is 1.70 bits per heavy atom. The molecule has 2 aliphatic carbocycles. The summed E-state index contributed by atoms with van der Waals surface area (Å²) in [4.78, 5) is 34.6. The second kappa shape index (κ2) is 14.6. The zero-order valence-electron chi connectivity index (χ0n) is 32.8. The van der Waals surface area contributed by atoms with Crippen molar-refractivity contribution in [2.75, 3.05) is 20.2 Å². The van der Waals surface area contributed by atoms with Crippen molar-refractivity contribution in [3.63, 3.8) is 0 Å². The van der Waals surface area contributed by atoms with Crippen molar-refractivity contribution in [2.24, 2.45) is 0 Å². The molecule has 0 bridgehead atoms. The first-order valence-electron chi connectivity index (χ1n) is 20.1. The molecule has 296 valence electrons. The number of aryl methyl sites for hydroxylation is 1. The molecule has 5 heterocycles. The number of allylic oxidation sites excluding steroid dienone is 1. The number of sulfonamides is 1. The summed E-state index contributed by atoms with van der Waals surface area (Å²) in [5.74, 6) is 0.227. The van der Waals surface area contributed by atoms with Crippen molar-refractivity contribution in [1.29, 1.82) is 0 Å². The number of nitrogens with zero attached hydrogens (tertiary/aromatic N) is 5. The second-order valence-corrected chi connectivity index (χ2v) is 18.1. The van der Waals surface area contributed by atoms with Gasteiger partial charge in [0, 0.05) is 47.5 Å². The first-order chi connectivity index (χ1) is 27.5. The molecule has 2 amide bonds. The molecule has 2 atom stereocenters. The fourth-order valence-electron chi connectivity index (χ4n) is 9.19. The number of rotatable bonds is 8. The Labute approximate surface area is 332 Å². The van der Waals surface area contributed by atoms with E-state index in [2.05, 4.69) is 26.4 Å². The molecule has 0 radical (unpaired) electrons. The lowest BCUT2D eigenvalue weighted by Crippen LogP contribution is -2.48. The summed E-state index contributed by atoms with van der Waals surface area (Å²) in [5.41, 5.74) is 9.00. The Morgan fingerprint density at radius 3 is 2.42 bits per heavy atom. The maximum atomic E-state index is 14.7. The maximum Gasteiger partial charge on any atom is 0.264 e. The monoisotopic (exact) mass is 788 g/mol. The van der Waals surface area contributed by atoms with Crippen LogP contribution in [0.5, 0.6) is 5.75 Å². The summed E-state index contributed by atoms with van der Waals surface area (Å²) in [6, 6.07) is 13.6. The predicted molar refractivity (Wildman–Crippen MR) is 219 cm³/mol. The van der Waals surface area contributed by atoms with Gasteiger partial charge in [-0.2, -0.15) is 5.10 Å². The number of hydrogen-bond acceptors (Lipinski definition) is 8. The first kappa shape index (κ1) is 37.3. The number of pyridine rings is 1. The number of nitrogens with one attached hydrogen (secondary N) is 1. The Hall–Kier alpha value is -5.27. The van der Waals surface area contributed by atoms with Gasteiger partial charge in [0.2, 0.25) is 10.0 Å². The Balaban J connectivity index is 1.28. The summed E-state index contributed by atoms with van der Waals surface area (Å²) in [6.45, 7) is 7.20. The third-order valence-corrected chi connectivity index (χ3v) is 13.8. The van der Waals surface area contributed by atoms with Crippen LogP contribution in [0.1, 0.15) is 108 Å². The highest BCUT2D eigenvalue weighted by atomic mass is 32.2. The second-order valence-electron chi connectivity index (χ2n) is 16.2. The molecule has 2 saturated carbocycles. The Morgan fingerprint density at radius 1 is 0.930 bits per heavy atom. The van der Waals surface area contributed by atoms with Gasteiger partial charge < -0.3 is 18.9 Å². The van der Waals surface area contributed by atoms with Gasteiger partial charge in [-0.15, -0.1) is 0 Å². The number of ether oxygens (including phenoxy) is 2. The summed E-state index contributed by atoms with van der Waals surface area (Å²) in [7, 11) is -2.10. The number of methoxy groups -OCH3 is 1. The summed E-state index contributed by atoms with van der Waals surface area (Å²) in [6.07, 6.45) is 13.8. The van der Waals surface area contributed by atoms with Gasteiger partial charge in [-0.3, -0.25) is 14.6 Å². The normalized spacial score (nSPS) is 20.1. The molecule has 2 aliphatic heterocycles. The number of benzene rings is 2. The topological polar surface area (TPSA) is 138 Å². The predicted octanol–water partition coefficient (Wildman–Crippen LogP) is 7.28. The van der Waals surface area contributed by atoms with E-state index < -0.39 is 21.2 Å². The highest BCUT2D eigenvalue weighted by Gasteiger charge is 2.38. The van der Waals surface area contributed by atoms with E-state index in [-0.39, 0.29) is 29.6 Å². The number of aromatic nitrogens is 4. The van der Waals surface area contributed by atoms with Gasteiger partial charge in [-0.05, 0) is 117 Å². The van der Waals surface area contributed by atoms with Crippen LogP contribution in [0.4, 0.5) is 0 Å². The van der Waals surface area contributed by atoms with Gasteiger partial charge in [0.25, 0.3) is 11.8 Å². The van der Waals surface area contributed by atoms with E-state index in [9.17, 15) is 18.0 Å². The fourth-order valence-corrected chi connectivity index (χ4v) is 10.5. The van der Waals surface area contributed by atoms with E-state index in [4.69, 9.17) is 14.6 Å². The molecule has 0 spiro atoms. The number of amides is 2. The first-order valence-corrected chi connectivity index (χ1v) is 21.6. The highest BCUT2D eigenvalue weighted by Crippen LogP contribution is 2.48. The van der Waals surface area contributed by atoms with Gasteiger partial charge in [0.05, 0.1) is 59.9 Å². The smallest absolute Gasteiger partial charge is 0.264 e. The van der Waals surface area contributed by atoms with Crippen molar-refractivity contribution in [2.45, 2.75) is 95.6 Å². The summed E-state index contributed by atoms with van der Waals surface area (Å²) < 4.78 is 44.0. The van der Waals surface area contributed by atoms with Crippen LogP contribution in [0.3, 0.4) is 0 Å². The van der Waals surface area contributed by atoms with Gasteiger partial charge in [0.15, 0.2) is 0 Å². The van der Waals surface area contributed by atoms with Gasteiger partial charge in [-0.1, -0.05) is 25.3 Å². The number of carbonyl (C=O) groups excluding carboxylic acids is 2. The lowest BCUT2D eigenvalue weighted by molar-refractivity contribution is -0.0586. The number of hydrogen-bond donors (Lipinski definition) is 1. The largest absolute Gasteiger partial charge is 0.497 e. The minimum Gasteiger partial charge on any atom is -0.497 e. The quantitative estimate of drug-likeness (QED) is 0.173. The molecular formula is C44H48N6O6S. The zero-order valence-corrected chi connectivity index (χ0v) is 33.6. The minimum absolute atomic E-state index is 0.118. The molecule has 57 heavy (non-hydrogen) atoms. The minimum atomic E-state index is -3.76. The van der Waals surface area contributed by atoms with Crippen molar-refractivity contribution in [1.82, 2.24) is 29.0 Å². The molecule has 5 aromatic rings. The van der Waals surface area contributed by atoms with Gasteiger partial charge in [-0.25, -0.2) is 17.8 Å². The van der Waals surface area contributed by atoms with E-state index in [0.29, 0.717) is 49.5 Å². The van der Waals surface area contributed by atoms with Crippen LogP contribution >= 0.6 is 0 Å². The van der Waals surface area contributed by atoms with E-state index >= 15 is 0 Å².